The third kappa shape index (κ3) is 2.67. The summed E-state index contributed by atoms with van der Waals surface area (Å²) in [5.74, 6) is 0.686. The Balaban J connectivity index is 2.28. The molecule has 0 bridgehead atoms. The summed E-state index contributed by atoms with van der Waals surface area (Å²) in [6.07, 6.45) is 1.55. The second-order valence-corrected chi connectivity index (χ2v) is 4.57. The number of aromatic carboxylic acids is 1. The molecule has 0 aliphatic rings. The van der Waals surface area contributed by atoms with Crippen LogP contribution >= 0.6 is 11.8 Å². The molecule has 94 valence electrons. The summed E-state index contributed by atoms with van der Waals surface area (Å²) >= 11 is 1.30. The van der Waals surface area contributed by atoms with Crippen molar-refractivity contribution in [1.82, 2.24) is 15.1 Å². The fraction of sp³-hybridized carbons (Fsp3) is 0.273. The van der Waals surface area contributed by atoms with Gasteiger partial charge in [0.15, 0.2) is 0 Å². The minimum absolute atomic E-state index is 0.144. The molecule has 0 amide bonds. The SMILES string of the molecule is Cc1nc(C)c(C(=O)O)c(SCc2ccno2)n1. The fourth-order valence-electron chi connectivity index (χ4n) is 1.49. The summed E-state index contributed by atoms with van der Waals surface area (Å²) in [5, 5.41) is 13.2. The molecule has 0 radical (unpaired) electrons. The molecule has 0 saturated heterocycles. The molecule has 0 saturated carbocycles. The molecule has 1 N–H and O–H groups in total. The third-order valence-electron chi connectivity index (χ3n) is 2.22. The quantitative estimate of drug-likeness (QED) is 0.668. The number of rotatable bonds is 4. The van der Waals surface area contributed by atoms with Crippen molar-refractivity contribution in [2.75, 3.05) is 0 Å². The van der Waals surface area contributed by atoms with Gasteiger partial charge in [-0.05, 0) is 13.8 Å². The van der Waals surface area contributed by atoms with Crippen LogP contribution in [-0.4, -0.2) is 26.2 Å². The van der Waals surface area contributed by atoms with Crippen LogP contribution in [0.25, 0.3) is 0 Å². The van der Waals surface area contributed by atoms with E-state index in [0.29, 0.717) is 28.1 Å². The lowest BCUT2D eigenvalue weighted by atomic mass is 10.2. The van der Waals surface area contributed by atoms with Gasteiger partial charge in [-0.1, -0.05) is 16.9 Å². The standard InChI is InChI=1S/C11H11N3O3S/c1-6-9(11(15)16)10(14-7(2)13-6)18-5-8-3-4-12-17-8/h3-4H,5H2,1-2H3,(H,15,16). The molecule has 0 unspecified atom stereocenters. The first-order valence-corrected chi connectivity index (χ1v) is 6.17. The number of thioether (sulfide) groups is 1. The number of carboxylic acid groups (broad SMARTS) is 1. The highest BCUT2D eigenvalue weighted by molar-refractivity contribution is 7.98. The van der Waals surface area contributed by atoms with Gasteiger partial charge in [0.25, 0.3) is 0 Å². The number of aromatic nitrogens is 3. The Morgan fingerprint density at radius 2 is 2.22 bits per heavy atom. The lowest BCUT2D eigenvalue weighted by molar-refractivity contribution is 0.0690. The van der Waals surface area contributed by atoms with Crippen molar-refractivity contribution >= 4 is 17.7 Å². The van der Waals surface area contributed by atoms with Crippen molar-refractivity contribution in [1.29, 1.82) is 0 Å². The van der Waals surface area contributed by atoms with E-state index in [1.807, 2.05) is 0 Å². The van der Waals surface area contributed by atoms with Crippen molar-refractivity contribution in [3.8, 4) is 0 Å². The molecule has 2 aromatic heterocycles. The van der Waals surface area contributed by atoms with Crippen molar-refractivity contribution < 1.29 is 14.4 Å². The minimum atomic E-state index is -1.02. The third-order valence-corrected chi connectivity index (χ3v) is 3.22. The molecule has 7 heteroatoms. The molecule has 0 aliphatic heterocycles. The Kier molecular flexibility index (Phi) is 3.61. The van der Waals surface area contributed by atoms with E-state index >= 15 is 0 Å². The van der Waals surface area contributed by atoms with Crippen molar-refractivity contribution in [2.45, 2.75) is 24.6 Å². The fourth-order valence-corrected chi connectivity index (χ4v) is 2.49. The van der Waals surface area contributed by atoms with E-state index in [4.69, 9.17) is 9.63 Å². The monoisotopic (exact) mass is 265 g/mol. The first-order chi connectivity index (χ1) is 8.58. The van der Waals surface area contributed by atoms with Gasteiger partial charge in [0, 0.05) is 6.07 Å². The second-order valence-electron chi connectivity index (χ2n) is 3.61. The lowest BCUT2D eigenvalue weighted by Gasteiger charge is -2.07. The van der Waals surface area contributed by atoms with Gasteiger partial charge in [-0.25, -0.2) is 14.8 Å². The first kappa shape index (κ1) is 12.6. The van der Waals surface area contributed by atoms with E-state index in [-0.39, 0.29) is 5.56 Å². The summed E-state index contributed by atoms with van der Waals surface area (Å²) in [7, 11) is 0. The molecule has 0 fully saturated rings. The van der Waals surface area contributed by atoms with Crippen LogP contribution in [-0.2, 0) is 5.75 Å². The van der Waals surface area contributed by atoms with Crippen LogP contribution < -0.4 is 0 Å². The topological polar surface area (TPSA) is 89.1 Å². The molecule has 18 heavy (non-hydrogen) atoms. The zero-order valence-electron chi connectivity index (χ0n) is 9.88. The maximum absolute atomic E-state index is 11.2. The van der Waals surface area contributed by atoms with E-state index in [9.17, 15) is 4.79 Å². The van der Waals surface area contributed by atoms with Crippen molar-refractivity contribution in [3.05, 3.63) is 35.1 Å². The highest BCUT2D eigenvalue weighted by Gasteiger charge is 2.17. The molecular formula is C11H11N3O3S. The van der Waals surface area contributed by atoms with Crippen LogP contribution in [0.15, 0.2) is 21.8 Å². The Hall–Kier alpha value is -1.89. The lowest BCUT2D eigenvalue weighted by Crippen LogP contribution is -2.08. The van der Waals surface area contributed by atoms with E-state index in [0.717, 1.165) is 0 Å². The van der Waals surface area contributed by atoms with E-state index in [1.54, 1.807) is 26.1 Å². The van der Waals surface area contributed by atoms with Crippen molar-refractivity contribution in [3.63, 3.8) is 0 Å². The number of hydrogen-bond acceptors (Lipinski definition) is 6. The van der Waals surface area contributed by atoms with Gasteiger partial charge in [-0.2, -0.15) is 0 Å². The average Bonchev–Trinajstić information content (AvgIpc) is 2.77. The molecule has 0 aromatic carbocycles. The summed E-state index contributed by atoms with van der Waals surface area (Å²) in [5.41, 5.74) is 0.611. The maximum atomic E-state index is 11.2. The predicted molar refractivity (Wildman–Crippen MR) is 64.5 cm³/mol. The van der Waals surface area contributed by atoms with Crippen LogP contribution in [0.3, 0.4) is 0 Å². The van der Waals surface area contributed by atoms with E-state index in [1.165, 1.54) is 11.8 Å². The predicted octanol–water partition coefficient (Wildman–Crippen LogP) is 2.07. The average molecular weight is 265 g/mol. The second kappa shape index (κ2) is 5.18. The van der Waals surface area contributed by atoms with Crippen LogP contribution in [0.4, 0.5) is 0 Å². The summed E-state index contributed by atoms with van der Waals surface area (Å²) in [6, 6.07) is 1.73. The molecule has 2 rings (SSSR count). The number of carboxylic acids is 1. The van der Waals surface area contributed by atoms with E-state index < -0.39 is 5.97 Å². The highest BCUT2D eigenvalue weighted by atomic mass is 32.2. The van der Waals surface area contributed by atoms with Crippen LogP contribution in [0.1, 0.15) is 27.6 Å². The van der Waals surface area contributed by atoms with Gasteiger partial charge < -0.3 is 9.63 Å². The van der Waals surface area contributed by atoms with E-state index in [2.05, 4.69) is 15.1 Å². The van der Waals surface area contributed by atoms with Crippen LogP contribution in [0.5, 0.6) is 0 Å². The van der Waals surface area contributed by atoms with Gasteiger partial charge in [-0.3, -0.25) is 0 Å². The highest BCUT2D eigenvalue weighted by Crippen LogP contribution is 2.26. The number of hydrogen-bond donors (Lipinski definition) is 1. The van der Waals surface area contributed by atoms with Gasteiger partial charge in [0.2, 0.25) is 0 Å². The Morgan fingerprint density at radius 1 is 1.44 bits per heavy atom. The summed E-state index contributed by atoms with van der Waals surface area (Å²) in [6.45, 7) is 3.40. The maximum Gasteiger partial charge on any atom is 0.340 e. The molecule has 6 nitrogen and oxygen atoms in total. The zero-order chi connectivity index (χ0) is 13.1. The smallest absolute Gasteiger partial charge is 0.340 e. The summed E-state index contributed by atoms with van der Waals surface area (Å²) in [4.78, 5) is 19.4. The number of nitrogens with zero attached hydrogens (tertiary/aromatic N) is 3. The van der Waals surface area contributed by atoms with Crippen LogP contribution in [0, 0.1) is 13.8 Å². The molecular weight excluding hydrogens is 254 g/mol. The molecule has 2 heterocycles. The minimum Gasteiger partial charge on any atom is -0.478 e. The Bertz CT molecular complexity index is 569. The molecule has 0 atom stereocenters. The van der Waals surface area contributed by atoms with Crippen molar-refractivity contribution in [2.24, 2.45) is 0 Å². The first-order valence-electron chi connectivity index (χ1n) is 5.19. The normalized spacial score (nSPS) is 10.6. The largest absolute Gasteiger partial charge is 0.478 e. The number of aryl methyl sites for hydroxylation is 2. The molecule has 2 aromatic rings. The van der Waals surface area contributed by atoms with Gasteiger partial charge in [0.1, 0.15) is 22.2 Å². The van der Waals surface area contributed by atoms with Gasteiger partial charge in [-0.15, -0.1) is 0 Å². The molecule has 0 aliphatic carbocycles. The molecule has 0 spiro atoms. The van der Waals surface area contributed by atoms with Crippen LogP contribution in [0.2, 0.25) is 0 Å². The Labute approximate surface area is 107 Å². The Morgan fingerprint density at radius 3 is 2.83 bits per heavy atom. The number of carbonyl (C=O) groups is 1. The zero-order valence-corrected chi connectivity index (χ0v) is 10.7. The van der Waals surface area contributed by atoms with Gasteiger partial charge in [0.05, 0.1) is 17.6 Å². The van der Waals surface area contributed by atoms with Gasteiger partial charge >= 0.3 is 5.97 Å². The summed E-state index contributed by atoms with van der Waals surface area (Å²) < 4.78 is 4.95.